The Labute approximate surface area is 147 Å². The van der Waals surface area contributed by atoms with Crippen LogP contribution in [0.5, 0.6) is 0 Å². The molecule has 7 heteroatoms. The normalized spacial score (nSPS) is 27.0. The van der Waals surface area contributed by atoms with Gasteiger partial charge in [-0.3, -0.25) is 4.98 Å². The van der Waals surface area contributed by atoms with Crippen molar-refractivity contribution in [3.05, 3.63) is 29.8 Å². The molecule has 0 aliphatic carbocycles. The first kappa shape index (κ1) is 16.5. The van der Waals surface area contributed by atoms with Crippen LogP contribution in [0.4, 0.5) is 5.82 Å². The molecule has 0 unspecified atom stereocenters. The molecule has 2 fully saturated rings. The highest BCUT2D eigenvalue weighted by Gasteiger charge is 2.38. The maximum atomic E-state index is 10.4. The van der Waals surface area contributed by atoms with Gasteiger partial charge in [0.2, 0.25) is 0 Å². The molecule has 0 spiro atoms. The number of aromatic nitrogens is 4. The van der Waals surface area contributed by atoms with Crippen LogP contribution in [0.15, 0.2) is 18.5 Å². The van der Waals surface area contributed by atoms with E-state index in [0.29, 0.717) is 19.6 Å². The summed E-state index contributed by atoms with van der Waals surface area (Å²) in [5.41, 5.74) is 2.00. The molecule has 0 radical (unpaired) electrons. The Morgan fingerprint density at radius 2 is 2.04 bits per heavy atom. The summed E-state index contributed by atoms with van der Waals surface area (Å²) in [6.07, 6.45) is 6.12. The van der Waals surface area contributed by atoms with E-state index in [0.717, 1.165) is 42.4 Å². The second-order valence-corrected chi connectivity index (χ2v) is 7.07. The summed E-state index contributed by atoms with van der Waals surface area (Å²) in [7, 11) is 0. The minimum Gasteiger partial charge on any atom is -0.393 e. The van der Waals surface area contributed by atoms with Gasteiger partial charge in [0.25, 0.3) is 0 Å². The topological polar surface area (TPSA) is 76.3 Å². The Bertz CT molecular complexity index is 747. The summed E-state index contributed by atoms with van der Waals surface area (Å²) in [5, 5.41) is 14.9. The van der Waals surface area contributed by atoms with E-state index < -0.39 is 0 Å². The number of aliphatic hydroxyl groups is 1. The Morgan fingerprint density at radius 1 is 1.20 bits per heavy atom. The molecule has 2 aromatic rings. The summed E-state index contributed by atoms with van der Waals surface area (Å²) in [5.74, 6) is 1.72. The SMILES string of the molecule is Cc1cc(C)n(-c2cncc(N3CCC[C@@H]3[C@@H]3COCC[C@H]3O)n2)n1. The molecule has 3 atom stereocenters. The van der Waals surface area contributed by atoms with Crippen LogP contribution in [0.2, 0.25) is 0 Å². The molecule has 0 amide bonds. The second-order valence-electron chi connectivity index (χ2n) is 7.07. The van der Waals surface area contributed by atoms with Gasteiger partial charge in [-0.1, -0.05) is 0 Å². The molecule has 1 N–H and O–H groups in total. The Hall–Kier alpha value is -1.99. The first-order valence-electron chi connectivity index (χ1n) is 9.01. The average molecular weight is 343 g/mol. The number of anilines is 1. The van der Waals surface area contributed by atoms with Crippen molar-refractivity contribution in [2.24, 2.45) is 5.92 Å². The van der Waals surface area contributed by atoms with Gasteiger partial charge in [0.15, 0.2) is 5.82 Å². The van der Waals surface area contributed by atoms with Crippen molar-refractivity contribution in [3.8, 4) is 5.82 Å². The zero-order valence-corrected chi connectivity index (χ0v) is 14.8. The molecular formula is C18H25N5O2. The van der Waals surface area contributed by atoms with E-state index in [1.54, 1.807) is 6.20 Å². The van der Waals surface area contributed by atoms with Crippen LogP contribution < -0.4 is 4.90 Å². The molecule has 0 aromatic carbocycles. The molecule has 2 saturated heterocycles. The van der Waals surface area contributed by atoms with Gasteiger partial charge in [-0.25, -0.2) is 9.67 Å². The van der Waals surface area contributed by atoms with Crippen molar-refractivity contribution in [3.63, 3.8) is 0 Å². The minimum atomic E-state index is -0.300. The van der Waals surface area contributed by atoms with Crippen molar-refractivity contribution in [1.82, 2.24) is 19.7 Å². The third-order valence-corrected chi connectivity index (χ3v) is 5.29. The number of hydrogen-bond donors (Lipinski definition) is 1. The van der Waals surface area contributed by atoms with E-state index in [4.69, 9.17) is 9.72 Å². The maximum Gasteiger partial charge on any atom is 0.174 e. The van der Waals surface area contributed by atoms with Crippen molar-refractivity contribution in [2.45, 2.75) is 45.3 Å². The first-order valence-corrected chi connectivity index (χ1v) is 9.01. The highest BCUT2D eigenvalue weighted by atomic mass is 16.5. The van der Waals surface area contributed by atoms with E-state index >= 15 is 0 Å². The van der Waals surface area contributed by atoms with Crippen LogP contribution in [-0.4, -0.2) is 56.8 Å². The molecule has 7 nitrogen and oxygen atoms in total. The monoisotopic (exact) mass is 343 g/mol. The van der Waals surface area contributed by atoms with Crippen molar-refractivity contribution in [2.75, 3.05) is 24.7 Å². The third-order valence-electron chi connectivity index (χ3n) is 5.29. The zero-order chi connectivity index (χ0) is 17.4. The molecule has 25 heavy (non-hydrogen) atoms. The minimum absolute atomic E-state index is 0.135. The van der Waals surface area contributed by atoms with Gasteiger partial charge in [-0.15, -0.1) is 0 Å². The number of ether oxygens (including phenoxy) is 1. The van der Waals surface area contributed by atoms with Crippen LogP contribution in [0.1, 0.15) is 30.7 Å². The lowest BCUT2D eigenvalue weighted by atomic mass is 9.89. The lowest BCUT2D eigenvalue weighted by molar-refractivity contribution is -0.0438. The van der Waals surface area contributed by atoms with Crippen molar-refractivity contribution in [1.29, 1.82) is 0 Å². The number of nitrogens with zero attached hydrogens (tertiary/aromatic N) is 5. The predicted molar refractivity (Wildman–Crippen MR) is 93.9 cm³/mol. The standard InChI is InChI=1S/C18H25N5O2/c1-12-8-13(2)23(21-12)18-10-19-9-17(20-18)22-6-3-4-15(22)14-11-25-7-5-16(14)24/h8-10,14-16,24H,3-7,11H2,1-2H3/t14-,15+,16+/m0/s1. The van der Waals surface area contributed by atoms with E-state index in [9.17, 15) is 5.11 Å². The molecule has 2 aromatic heterocycles. The number of rotatable bonds is 3. The fourth-order valence-electron chi connectivity index (χ4n) is 4.09. The quantitative estimate of drug-likeness (QED) is 0.913. The second kappa shape index (κ2) is 6.72. The number of hydrogen-bond acceptors (Lipinski definition) is 6. The highest BCUT2D eigenvalue weighted by Crippen LogP contribution is 2.32. The Morgan fingerprint density at radius 3 is 2.80 bits per heavy atom. The summed E-state index contributed by atoms with van der Waals surface area (Å²) in [4.78, 5) is 11.5. The number of aryl methyl sites for hydroxylation is 2. The molecule has 4 rings (SSSR count). The van der Waals surface area contributed by atoms with E-state index in [-0.39, 0.29) is 18.1 Å². The lowest BCUT2D eigenvalue weighted by Gasteiger charge is -2.37. The van der Waals surface area contributed by atoms with Crippen molar-refractivity contribution >= 4 is 5.82 Å². The van der Waals surface area contributed by atoms with Crippen LogP contribution in [-0.2, 0) is 4.74 Å². The predicted octanol–water partition coefficient (Wildman–Crippen LogP) is 1.65. The molecule has 0 saturated carbocycles. The molecule has 0 bridgehead atoms. The maximum absolute atomic E-state index is 10.4. The highest BCUT2D eigenvalue weighted by molar-refractivity contribution is 5.42. The van der Waals surface area contributed by atoms with Crippen molar-refractivity contribution < 1.29 is 9.84 Å². The summed E-state index contributed by atoms with van der Waals surface area (Å²) in [6, 6.07) is 2.28. The van der Waals surface area contributed by atoms with E-state index in [1.807, 2.05) is 30.8 Å². The molecule has 4 heterocycles. The Balaban J connectivity index is 1.62. The van der Waals surface area contributed by atoms with Crippen LogP contribution in [0.3, 0.4) is 0 Å². The lowest BCUT2D eigenvalue weighted by Crippen LogP contribution is -2.46. The van der Waals surface area contributed by atoms with Gasteiger partial charge in [0, 0.05) is 30.8 Å². The molecule has 2 aliphatic rings. The molecular weight excluding hydrogens is 318 g/mol. The molecule has 2 aliphatic heterocycles. The van der Waals surface area contributed by atoms with E-state index in [2.05, 4.69) is 15.0 Å². The van der Waals surface area contributed by atoms with Gasteiger partial charge < -0.3 is 14.7 Å². The van der Waals surface area contributed by atoms with Gasteiger partial charge >= 0.3 is 0 Å². The van der Waals surface area contributed by atoms with Gasteiger partial charge in [0.1, 0.15) is 5.82 Å². The fraction of sp³-hybridized carbons (Fsp3) is 0.611. The largest absolute Gasteiger partial charge is 0.393 e. The van der Waals surface area contributed by atoms with Crippen LogP contribution in [0.25, 0.3) is 5.82 Å². The third kappa shape index (κ3) is 3.14. The van der Waals surface area contributed by atoms with Gasteiger partial charge in [0.05, 0.1) is 30.8 Å². The van der Waals surface area contributed by atoms with Crippen LogP contribution in [0, 0.1) is 19.8 Å². The zero-order valence-electron chi connectivity index (χ0n) is 14.8. The van der Waals surface area contributed by atoms with Gasteiger partial charge in [-0.05, 0) is 39.2 Å². The smallest absolute Gasteiger partial charge is 0.174 e. The van der Waals surface area contributed by atoms with E-state index in [1.165, 1.54) is 0 Å². The first-order chi connectivity index (χ1) is 12.1. The van der Waals surface area contributed by atoms with Gasteiger partial charge in [-0.2, -0.15) is 5.10 Å². The van der Waals surface area contributed by atoms with Crippen LogP contribution >= 0.6 is 0 Å². The summed E-state index contributed by atoms with van der Waals surface area (Å²) >= 11 is 0. The number of aliphatic hydroxyl groups excluding tert-OH is 1. The molecule has 134 valence electrons. The Kier molecular flexibility index (Phi) is 4.43. The summed E-state index contributed by atoms with van der Waals surface area (Å²) in [6.45, 7) is 6.19. The fourth-order valence-corrected chi connectivity index (χ4v) is 4.09. The summed E-state index contributed by atoms with van der Waals surface area (Å²) < 4.78 is 7.45. The average Bonchev–Trinajstić information content (AvgIpc) is 3.22.